The van der Waals surface area contributed by atoms with Crippen molar-refractivity contribution < 1.29 is 56.2 Å². The van der Waals surface area contributed by atoms with Crippen LogP contribution in [0.5, 0.6) is 11.5 Å². The van der Waals surface area contributed by atoms with Crippen LogP contribution in [0.4, 0.5) is 22.7 Å². The Morgan fingerprint density at radius 3 is 1.72 bits per heavy atom. The first-order chi connectivity index (χ1) is 35.7. The van der Waals surface area contributed by atoms with Gasteiger partial charge in [0.15, 0.2) is 5.41 Å². The van der Waals surface area contributed by atoms with E-state index in [9.17, 15) is 37.8 Å². The predicted octanol–water partition coefficient (Wildman–Crippen LogP) is 5.78. The molecule has 0 aromatic heterocycles. The highest BCUT2D eigenvalue weighted by atomic mass is 32.2. The first-order valence-electron chi connectivity index (χ1n) is 23.1. The first-order valence-corrected chi connectivity index (χ1v) is 24.1. The number of nitrogens with one attached hydrogen (secondary N) is 4. The van der Waals surface area contributed by atoms with Crippen molar-refractivity contribution in [2.75, 3.05) is 59.7 Å². The Bertz CT molecular complexity index is 2940. The van der Waals surface area contributed by atoms with Gasteiger partial charge >= 0.3 is 23.2 Å². The third-order valence-corrected chi connectivity index (χ3v) is 12.5. The number of hydrazine groups is 3. The Labute approximate surface area is 429 Å². The summed E-state index contributed by atoms with van der Waals surface area (Å²) in [4.78, 5) is 83.4. The Kier molecular flexibility index (Phi) is 17.4. The van der Waals surface area contributed by atoms with Gasteiger partial charge in [-0.05, 0) is 98.3 Å². The molecule has 3 fully saturated rings. The van der Waals surface area contributed by atoms with E-state index in [4.69, 9.17) is 18.4 Å². The van der Waals surface area contributed by atoms with Crippen LogP contribution in [-0.4, -0.2) is 86.4 Å². The fraction of sp³-hybridized carbons (Fsp3) is 0.204. The number of carbonyl (C=O) groups is 7. The van der Waals surface area contributed by atoms with Gasteiger partial charge in [0.2, 0.25) is 5.91 Å². The summed E-state index contributed by atoms with van der Waals surface area (Å²) in [5.74, 6) is -1.16. The number of rotatable bonds is 16. The fourth-order valence-corrected chi connectivity index (χ4v) is 8.19. The minimum Gasteiger partial charge on any atom is -0.497 e. The highest BCUT2D eigenvalue weighted by Crippen LogP contribution is 2.32. The fourth-order valence-electron chi connectivity index (χ4n) is 7.54. The van der Waals surface area contributed by atoms with E-state index in [1.165, 1.54) is 17.7 Å². The number of methoxy groups -OCH3 is 1. The molecule has 74 heavy (non-hydrogen) atoms. The monoisotopic (exact) mass is 1020 g/mol. The summed E-state index contributed by atoms with van der Waals surface area (Å²) in [6.07, 6.45) is 1.33. The summed E-state index contributed by atoms with van der Waals surface area (Å²) in [7, 11) is 1.53. The van der Waals surface area contributed by atoms with E-state index >= 15 is 0 Å². The molecule has 3 amide bonds. The van der Waals surface area contributed by atoms with Crippen LogP contribution in [0.2, 0.25) is 0 Å². The van der Waals surface area contributed by atoms with Crippen molar-refractivity contribution in [1.82, 2.24) is 16.3 Å². The number of aryl methyl sites for hydroxylation is 2. The van der Waals surface area contributed by atoms with Gasteiger partial charge in [-0.3, -0.25) is 50.4 Å². The van der Waals surface area contributed by atoms with Crippen molar-refractivity contribution in [3.8, 4) is 11.5 Å². The molecule has 20 heteroatoms. The highest BCUT2D eigenvalue weighted by molar-refractivity contribution is 7.82. The van der Waals surface area contributed by atoms with Crippen LogP contribution in [-0.2, 0) is 44.7 Å². The molecule has 0 bridgehead atoms. The molecule has 4 N–H and O–H groups in total. The number of amides is 3. The van der Waals surface area contributed by atoms with Crippen LogP contribution in [0.15, 0.2) is 158 Å². The molecule has 0 spiro atoms. The van der Waals surface area contributed by atoms with Crippen LogP contribution < -0.4 is 44.9 Å². The first kappa shape index (κ1) is 52.8. The zero-order chi connectivity index (χ0) is 52.7. The van der Waals surface area contributed by atoms with Crippen molar-refractivity contribution in [2.24, 2.45) is 10.8 Å². The summed E-state index contributed by atoms with van der Waals surface area (Å²) in [5, 5.41) is 4.90. The molecule has 3 saturated heterocycles. The zero-order valence-corrected chi connectivity index (χ0v) is 41.4. The van der Waals surface area contributed by atoms with Crippen molar-refractivity contribution >= 4 is 76.2 Å². The van der Waals surface area contributed by atoms with Crippen LogP contribution in [0.1, 0.15) is 38.3 Å². The SMILES string of the molecule is COc1cccc(N2CC(C=O)(C=O)C(=O)N2)c1.Cc1ccc(OS(=O)Nc2cccc(N3CC(COC(=O)c4ccccc4)(COC(=O)c4ccccc4)C(=O)N3)c2)cc1.Cc1cccc(N2CCC(=O)N2)c1. The second-order valence-corrected chi connectivity index (χ2v) is 18.1. The van der Waals surface area contributed by atoms with Gasteiger partial charge < -0.3 is 28.0 Å². The molecule has 3 aliphatic rings. The quantitative estimate of drug-likeness (QED) is 0.0511. The number of carbonyl (C=O) groups excluding carboxylic acids is 7. The molecule has 0 radical (unpaired) electrons. The third kappa shape index (κ3) is 13.5. The van der Waals surface area contributed by atoms with E-state index in [0.29, 0.717) is 58.7 Å². The average molecular weight is 1020 g/mol. The molecule has 1 unspecified atom stereocenters. The van der Waals surface area contributed by atoms with Gasteiger partial charge in [-0.15, -0.1) is 0 Å². The molecule has 9 rings (SSSR count). The second kappa shape index (κ2) is 24.4. The largest absolute Gasteiger partial charge is 0.497 e. The lowest BCUT2D eigenvalue weighted by Gasteiger charge is -2.25. The molecule has 6 aromatic carbocycles. The van der Waals surface area contributed by atoms with Crippen LogP contribution in [0.3, 0.4) is 0 Å². The van der Waals surface area contributed by atoms with E-state index in [-0.39, 0.29) is 32.2 Å². The molecule has 382 valence electrons. The summed E-state index contributed by atoms with van der Waals surface area (Å²) in [6.45, 7) is 4.07. The van der Waals surface area contributed by atoms with Gasteiger partial charge in [-0.1, -0.05) is 78.4 Å². The Hall–Kier alpha value is -9.04. The van der Waals surface area contributed by atoms with Crippen molar-refractivity contribution in [3.63, 3.8) is 0 Å². The molecule has 0 saturated carbocycles. The normalized spacial score (nSPS) is 15.3. The van der Waals surface area contributed by atoms with Gasteiger partial charge in [0, 0.05) is 19.0 Å². The number of nitrogens with zero attached hydrogens (tertiary/aromatic N) is 3. The van der Waals surface area contributed by atoms with E-state index in [0.717, 1.165) is 17.8 Å². The second-order valence-electron chi connectivity index (χ2n) is 17.3. The lowest BCUT2D eigenvalue weighted by Crippen LogP contribution is -2.43. The van der Waals surface area contributed by atoms with Crippen LogP contribution in [0.25, 0.3) is 0 Å². The topological polar surface area (TPSA) is 231 Å². The molecular weight excluding hydrogens is 971 g/mol. The number of esters is 2. The van der Waals surface area contributed by atoms with Crippen molar-refractivity contribution in [2.45, 2.75) is 20.3 Å². The maximum atomic E-state index is 13.4. The van der Waals surface area contributed by atoms with E-state index < -0.39 is 45.8 Å². The van der Waals surface area contributed by atoms with Gasteiger partial charge in [-0.2, -0.15) is 4.21 Å². The Morgan fingerprint density at radius 1 is 0.608 bits per heavy atom. The van der Waals surface area contributed by atoms with E-state index in [1.807, 2.05) is 49.2 Å². The third-order valence-electron chi connectivity index (χ3n) is 11.7. The number of aldehydes is 2. The lowest BCUT2D eigenvalue weighted by molar-refractivity contribution is -0.137. The Morgan fingerprint density at radius 2 is 1.16 bits per heavy atom. The standard InChI is InChI=1S/C32H29N3O7S.C12H12N2O4.C10H12N2O/c1-23-15-17-28(18-16-23)42-43(39)34-26-13-8-14-27(19-26)35-20-32(31(38)33-35,21-40-29(36)24-9-4-2-5-10-24)22-41-30(37)25-11-6-3-7-12-25;1-18-10-4-2-3-9(5-10)14-6-12(7-15,8-16)11(17)13-14;1-8-3-2-4-9(7-8)12-6-5-10(13)11-12/h2-19,34H,20-22H2,1H3,(H,33,38);2-5,7-8H,6H2,1H3,(H,13,17);2-4,7H,5-6H2,1H3,(H,11,13). The molecule has 6 aromatic rings. The molecule has 3 heterocycles. The molecular formula is C54H53N7O12S. The number of hydrogen-bond acceptors (Lipinski definition) is 15. The minimum atomic E-state index is -1.88. The zero-order valence-electron chi connectivity index (χ0n) is 40.6. The maximum absolute atomic E-state index is 13.4. The van der Waals surface area contributed by atoms with Crippen molar-refractivity contribution in [3.05, 3.63) is 180 Å². The number of hydrogen-bond donors (Lipinski definition) is 4. The minimum absolute atomic E-state index is 0.0163. The van der Waals surface area contributed by atoms with Gasteiger partial charge in [0.1, 0.15) is 42.7 Å². The number of benzene rings is 6. The molecule has 3 aliphatic heterocycles. The van der Waals surface area contributed by atoms with Gasteiger partial charge in [0.05, 0.1) is 54.1 Å². The molecule has 0 aliphatic carbocycles. The number of ether oxygens (including phenoxy) is 3. The van der Waals surface area contributed by atoms with Crippen LogP contribution >= 0.6 is 0 Å². The molecule has 19 nitrogen and oxygen atoms in total. The number of anilines is 4. The van der Waals surface area contributed by atoms with Crippen LogP contribution in [0, 0.1) is 24.7 Å². The van der Waals surface area contributed by atoms with E-state index in [2.05, 4.69) is 27.1 Å². The lowest BCUT2D eigenvalue weighted by atomic mass is 9.90. The average Bonchev–Trinajstić information content (AvgIpc) is 4.13. The predicted molar refractivity (Wildman–Crippen MR) is 276 cm³/mol. The Balaban J connectivity index is 0.000000208. The summed E-state index contributed by atoms with van der Waals surface area (Å²) >= 11 is -1.88. The maximum Gasteiger partial charge on any atom is 0.338 e. The summed E-state index contributed by atoms with van der Waals surface area (Å²) < 4.78 is 37.0. The van der Waals surface area contributed by atoms with Crippen molar-refractivity contribution in [1.29, 1.82) is 0 Å². The van der Waals surface area contributed by atoms with E-state index in [1.54, 1.807) is 126 Å². The van der Waals surface area contributed by atoms with Gasteiger partial charge in [0.25, 0.3) is 11.8 Å². The highest BCUT2D eigenvalue weighted by Gasteiger charge is 2.50. The summed E-state index contributed by atoms with van der Waals surface area (Å²) in [5.41, 5.74) is 10.7. The van der Waals surface area contributed by atoms with Gasteiger partial charge in [-0.25, -0.2) is 9.59 Å². The molecule has 1 atom stereocenters. The smallest absolute Gasteiger partial charge is 0.338 e. The summed E-state index contributed by atoms with van der Waals surface area (Å²) in [6, 6.07) is 45.9.